The fourth-order valence-electron chi connectivity index (χ4n) is 2.68. The summed E-state index contributed by atoms with van der Waals surface area (Å²) < 4.78 is 0. The maximum Gasteiger partial charge on any atom is 0.293 e. The molecule has 0 spiro atoms. The van der Waals surface area contributed by atoms with E-state index in [1.807, 2.05) is 43.3 Å². The molecule has 1 aliphatic rings. The van der Waals surface area contributed by atoms with Crippen LogP contribution in [0.25, 0.3) is 6.08 Å². The highest BCUT2D eigenvalue weighted by Gasteiger charge is 2.34. The predicted molar refractivity (Wildman–Crippen MR) is 107 cm³/mol. The largest absolute Gasteiger partial charge is 0.342 e. The molecule has 1 fully saturated rings. The summed E-state index contributed by atoms with van der Waals surface area (Å²) in [7, 11) is 1.74. The second-order valence-electron chi connectivity index (χ2n) is 6.20. The molecule has 2 aromatic rings. The molecule has 3 rings (SSSR count). The zero-order valence-electron chi connectivity index (χ0n) is 15.2. The summed E-state index contributed by atoms with van der Waals surface area (Å²) in [6.45, 7) is 2.77. The van der Waals surface area contributed by atoms with Gasteiger partial charge < -0.3 is 4.90 Å². The minimum atomic E-state index is -0.309. The third kappa shape index (κ3) is 4.28. The Morgan fingerprint density at radius 1 is 1.11 bits per heavy atom. The third-order valence-electron chi connectivity index (χ3n) is 4.31. The van der Waals surface area contributed by atoms with E-state index >= 15 is 0 Å². The summed E-state index contributed by atoms with van der Waals surface area (Å²) in [5.41, 5.74) is 2.17. The molecule has 0 aromatic heterocycles. The minimum Gasteiger partial charge on any atom is -0.342 e. The van der Waals surface area contributed by atoms with Gasteiger partial charge in [0.25, 0.3) is 17.1 Å². The summed E-state index contributed by atoms with van der Waals surface area (Å²) in [4.78, 5) is 40.4. The van der Waals surface area contributed by atoms with E-state index < -0.39 is 0 Å². The normalized spacial score (nSPS) is 15.5. The van der Waals surface area contributed by atoms with Crippen LogP contribution in [0.3, 0.4) is 0 Å². The van der Waals surface area contributed by atoms with Crippen LogP contribution < -0.4 is 0 Å². The van der Waals surface area contributed by atoms with Crippen molar-refractivity contribution in [2.45, 2.75) is 13.5 Å². The molecule has 0 unspecified atom stereocenters. The molecular formula is C21H20N2O3S. The van der Waals surface area contributed by atoms with Crippen molar-refractivity contribution in [3.63, 3.8) is 0 Å². The van der Waals surface area contributed by atoms with Crippen LogP contribution in [-0.2, 0) is 11.3 Å². The van der Waals surface area contributed by atoms with Crippen LogP contribution >= 0.6 is 11.8 Å². The van der Waals surface area contributed by atoms with Crippen LogP contribution in [-0.4, -0.2) is 40.4 Å². The van der Waals surface area contributed by atoms with Gasteiger partial charge >= 0.3 is 0 Å². The number of carbonyl (C=O) groups excluding carboxylic acids is 3. The summed E-state index contributed by atoms with van der Waals surface area (Å²) >= 11 is 0.924. The molecule has 27 heavy (non-hydrogen) atoms. The van der Waals surface area contributed by atoms with E-state index in [1.165, 1.54) is 4.90 Å². The van der Waals surface area contributed by atoms with Gasteiger partial charge in [-0.15, -0.1) is 0 Å². The maximum absolute atomic E-state index is 12.6. The topological polar surface area (TPSA) is 57.7 Å². The first-order chi connectivity index (χ1) is 13.0. The highest BCUT2D eigenvalue weighted by atomic mass is 32.2. The Morgan fingerprint density at radius 2 is 1.85 bits per heavy atom. The first kappa shape index (κ1) is 18.9. The van der Waals surface area contributed by atoms with E-state index in [9.17, 15) is 14.4 Å². The van der Waals surface area contributed by atoms with Crippen molar-refractivity contribution in [2.24, 2.45) is 0 Å². The van der Waals surface area contributed by atoms with E-state index in [2.05, 4.69) is 0 Å². The first-order valence-electron chi connectivity index (χ1n) is 8.64. The number of nitrogens with zero attached hydrogens (tertiary/aromatic N) is 2. The smallest absolute Gasteiger partial charge is 0.293 e. The standard InChI is InChI=1S/C21H20N2O3S/c1-3-22(2)19(24)17-11-7-10-16(12-17)13-18-20(25)23(21(26)27-18)14-15-8-5-4-6-9-15/h4-13H,3,14H2,1-2H3/b18-13-. The zero-order valence-corrected chi connectivity index (χ0v) is 16.0. The third-order valence-corrected chi connectivity index (χ3v) is 5.22. The fourth-order valence-corrected chi connectivity index (χ4v) is 3.52. The van der Waals surface area contributed by atoms with Gasteiger partial charge in [-0.25, -0.2) is 0 Å². The molecule has 0 N–H and O–H groups in total. The van der Waals surface area contributed by atoms with Crippen molar-refractivity contribution < 1.29 is 14.4 Å². The minimum absolute atomic E-state index is 0.0788. The Hall–Kier alpha value is -2.86. The average molecular weight is 380 g/mol. The van der Waals surface area contributed by atoms with Gasteiger partial charge in [-0.3, -0.25) is 19.3 Å². The van der Waals surface area contributed by atoms with E-state index in [1.54, 1.807) is 36.2 Å². The van der Waals surface area contributed by atoms with Crippen LogP contribution in [0.2, 0.25) is 0 Å². The summed E-state index contributed by atoms with van der Waals surface area (Å²) in [5.74, 6) is -0.388. The van der Waals surface area contributed by atoms with Gasteiger partial charge in [0.15, 0.2) is 0 Å². The number of hydrogen-bond acceptors (Lipinski definition) is 4. The number of carbonyl (C=O) groups is 3. The quantitative estimate of drug-likeness (QED) is 0.736. The van der Waals surface area contributed by atoms with Crippen molar-refractivity contribution in [3.8, 4) is 0 Å². The Labute approximate surface area is 162 Å². The maximum atomic E-state index is 12.6. The molecule has 2 aromatic carbocycles. The lowest BCUT2D eigenvalue weighted by Gasteiger charge is -2.14. The van der Waals surface area contributed by atoms with Crippen molar-refractivity contribution in [1.82, 2.24) is 9.80 Å². The van der Waals surface area contributed by atoms with Gasteiger partial charge in [-0.2, -0.15) is 0 Å². The van der Waals surface area contributed by atoms with Crippen LogP contribution in [0.1, 0.15) is 28.4 Å². The van der Waals surface area contributed by atoms with Gasteiger partial charge in [0.05, 0.1) is 11.4 Å². The number of benzene rings is 2. The molecule has 5 nitrogen and oxygen atoms in total. The summed E-state index contributed by atoms with van der Waals surface area (Å²) in [6, 6.07) is 16.5. The highest BCUT2D eigenvalue weighted by molar-refractivity contribution is 8.18. The number of amides is 3. The predicted octanol–water partition coefficient (Wildman–Crippen LogP) is 4.02. The molecule has 1 aliphatic heterocycles. The number of rotatable bonds is 5. The molecule has 0 saturated carbocycles. The van der Waals surface area contributed by atoms with E-state index in [0.717, 1.165) is 22.9 Å². The Morgan fingerprint density at radius 3 is 2.56 bits per heavy atom. The second kappa shape index (κ2) is 8.22. The average Bonchev–Trinajstić information content (AvgIpc) is 2.95. The van der Waals surface area contributed by atoms with Gasteiger partial charge in [0, 0.05) is 19.2 Å². The van der Waals surface area contributed by atoms with Crippen LogP contribution in [0.15, 0.2) is 59.5 Å². The first-order valence-corrected chi connectivity index (χ1v) is 9.46. The molecule has 1 heterocycles. The van der Waals surface area contributed by atoms with Gasteiger partial charge in [-0.1, -0.05) is 42.5 Å². The van der Waals surface area contributed by atoms with Crippen molar-refractivity contribution in [3.05, 3.63) is 76.2 Å². The zero-order chi connectivity index (χ0) is 19.4. The molecule has 0 bridgehead atoms. The lowest BCUT2D eigenvalue weighted by molar-refractivity contribution is -0.123. The van der Waals surface area contributed by atoms with Crippen LogP contribution in [0, 0.1) is 0 Å². The van der Waals surface area contributed by atoms with Crippen molar-refractivity contribution in [1.29, 1.82) is 0 Å². The summed E-state index contributed by atoms with van der Waals surface area (Å²) in [6.07, 6.45) is 1.67. The number of imide groups is 1. The lowest BCUT2D eigenvalue weighted by atomic mass is 10.1. The number of thioether (sulfide) groups is 1. The van der Waals surface area contributed by atoms with Crippen LogP contribution in [0.5, 0.6) is 0 Å². The molecule has 0 aliphatic carbocycles. The molecule has 0 atom stereocenters. The highest BCUT2D eigenvalue weighted by Crippen LogP contribution is 2.33. The SMILES string of the molecule is CCN(C)C(=O)c1cccc(/C=C2\SC(=O)N(Cc3ccccc3)C2=O)c1. The van der Waals surface area contributed by atoms with E-state index in [-0.39, 0.29) is 23.6 Å². The van der Waals surface area contributed by atoms with Gasteiger partial charge in [0.1, 0.15) is 0 Å². The Bertz CT molecular complexity index is 909. The molecule has 138 valence electrons. The molecule has 1 saturated heterocycles. The lowest BCUT2D eigenvalue weighted by Crippen LogP contribution is -2.27. The Kier molecular flexibility index (Phi) is 5.76. The molecular weight excluding hydrogens is 360 g/mol. The van der Waals surface area contributed by atoms with Crippen LogP contribution in [0.4, 0.5) is 4.79 Å². The van der Waals surface area contributed by atoms with Gasteiger partial charge in [0.2, 0.25) is 0 Å². The van der Waals surface area contributed by atoms with Crippen molar-refractivity contribution in [2.75, 3.05) is 13.6 Å². The summed E-state index contributed by atoms with van der Waals surface area (Å²) in [5, 5.41) is -0.284. The van der Waals surface area contributed by atoms with Gasteiger partial charge in [-0.05, 0) is 48.0 Å². The molecule has 6 heteroatoms. The number of hydrogen-bond donors (Lipinski definition) is 0. The Balaban J connectivity index is 1.81. The monoisotopic (exact) mass is 380 g/mol. The second-order valence-corrected chi connectivity index (χ2v) is 7.19. The van der Waals surface area contributed by atoms with E-state index in [4.69, 9.17) is 0 Å². The van der Waals surface area contributed by atoms with Crippen molar-refractivity contribution >= 4 is 34.9 Å². The van der Waals surface area contributed by atoms with E-state index in [0.29, 0.717) is 17.0 Å². The fraction of sp³-hybridized carbons (Fsp3) is 0.190. The molecule has 3 amide bonds. The molecule has 0 radical (unpaired) electrons.